The second-order valence-corrected chi connectivity index (χ2v) is 6.28. The van der Waals surface area contributed by atoms with Gasteiger partial charge in [-0.05, 0) is 38.1 Å². The molecule has 1 rings (SSSR count). The topological polar surface area (TPSA) is 116 Å². The summed E-state index contributed by atoms with van der Waals surface area (Å²) in [6.45, 7) is 4.38. The number of esters is 1. The fourth-order valence-corrected chi connectivity index (χ4v) is 3.08. The molecule has 132 valence electrons. The van der Waals surface area contributed by atoms with Crippen LogP contribution in [0.5, 0.6) is 0 Å². The molecular formula is C15H26N2O6. The molecule has 0 saturated carbocycles. The van der Waals surface area contributed by atoms with Crippen LogP contribution in [0.25, 0.3) is 0 Å². The fraction of sp³-hybridized carbons (Fsp3) is 0.800. The van der Waals surface area contributed by atoms with Crippen molar-refractivity contribution in [3.63, 3.8) is 0 Å². The van der Waals surface area contributed by atoms with E-state index in [1.807, 2.05) is 13.8 Å². The number of nitrogens with one attached hydrogen (secondary N) is 1. The van der Waals surface area contributed by atoms with Gasteiger partial charge in [0.2, 0.25) is 0 Å². The Morgan fingerprint density at radius 1 is 1.30 bits per heavy atom. The Balaban J connectivity index is 2.73. The number of likely N-dealkylation sites (tertiary alicyclic amines) is 1. The third kappa shape index (κ3) is 4.57. The molecule has 1 saturated heterocycles. The molecule has 0 aliphatic carbocycles. The zero-order valence-electron chi connectivity index (χ0n) is 13.9. The molecule has 0 bridgehead atoms. The van der Waals surface area contributed by atoms with E-state index in [0.29, 0.717) is 12.8 Å². The van der Waals surface area contributed by atoms with Crippen LogP contribution in [0, 0.1) is 5.92 Å². The monoisotopic (exact) mass is 330 g/mol. The molecule has 8 nitrogen and oxygen atoms in total. The van der Waals surface area contributed by atoms with Gasteiger partial charge in [-0.1, -0.05) is 13.8 Å². The Kier molecular flexibility index (Phi) is 6.80. The third-order valence-electron chi connectivity index (χ3n) is 4.24. The molecule has 0 unspecified atom stereocenters. The quantitative estimate of drug-likeness (QED) is 0.572. The number of carboxylic acid groups (broad SMARTS) is 2. The Morgan fingerprint density at radius 2 is 1.96 bits per heavy atom. The zero-order valence-corrected chi connectivity index (χ0v) is 13.9. The maximum absolute atomic E-state index is 11.8. The number of amides is 1. The molecular weight excluding hydrogens is 304 g/mol. The van der Waals surface area contributed by atoms with Gasteiger partial charge < -0.3 is 20.3 Å². The minimum absolute atomic E-state index is 0.111. The number of hydrogen-bond acceptors (Lipinski definition) is 5. The molecule has 2 atom stereocenters. The SMILES string of the molecule is COC(=O)[C@H](CC(C)C)NCC[C@@]1(C(=O)O)CCCN1C(=O)O. The highest BCUT2D eigenvalue weighted by Gasteiger charge is 2.49. The van der Waals surface area contributed by atoms with Crippen molar-refractivity contribution in [2.75, 3.05) is 20.2 Å². The van der Waals surface area contributed by atoms with Gasteiger partial charge in [-0.15, -0.1) is 0 Å². The van der Waals surface area contributed by atoms with Crippen LogP contribution in [0.1, 0.15) is 39.5 Å². The van der Waals surface area contributed by atoms with Crippen LogP contribution in [-0.2, 0) is 14.3 Å². The minimum Gasteiger partial charge on any atom is -0.479 e. The summed E-state index contributed by atoms with van der Waals surface area (Å²) in [5, 5.41) is 21.8. The van der Waals surface area contributed by atoms with Crippen LogP contribution in [0.3, 0.4) is 0 Å². The van der Waals surface area contributed by atoms with Crippen LogP contribution in [0.2, 0.25) is 0 Å². The predicted molar refractivity (Wildman–Crippen MR) is 82.2 cm³/mol. The van der Waals surface area contributed by atoms with Gasteiger partial charge in [-0.25, -0.2) is 9.59 Å². The van der Waals surface area contributed by atoms with Gasteiger partial charge >= 0.3 is 18.0 Å². The molecule has 23 heavy (non-hydrogen) atoms. The molecule has 0 spiro atoms. The van der Waals surface area contributed by atoms with Crippen LogP contribution in [-0.4, -0.2) is 64.9 Å². The first kappa shape index (κ1) is 19.2. The number of carbonyl (C=O) groups is 3. The minimum atomic E-state index is -1.42. The molecule has 8 heteroatoms. The van der Waals surface area contributed by atoms with Crippen LogP contribution < -0.4 is 5.32 Å². The van der Waals surface area contributed by atoms with Gasteiger partial charge in [0.1, 0.15) is 11.6 Å². The molecule has 0 radical (unpaired) electrons. The summed E-state index contributed by atoms with van der Waals surface area (Å²) in [6, 6.07) is -0.523. The Morgan fingerprint density at radius 3 is 2.43 bits per heavy atom. The smallest absolute Gasteiger partial charge is 0.408 e. The van der Waals surface area contributed by atoms with Crippen molar-refractivity contribution in [2.45, 2.75) is 51.1 Å². The molecule has 3 N–H and O–H groups in total. The number of methoxy groups -OCH3 is 1. The first-order valence-corrected chi connectivity index (χ1v) is 7.79. The highest BCUT2D eigenvalue weighted by Crippen LogP contribution is 2.32. The van der Waals surface area contributed by atoms with Crippen molar-refractivity contribution in [2.24, 2.45) is 5.92 Å². The summed E-state index contributed by atoms with van der Waals surface area (Å²) in [4.78, 5) is 35.7. The van der Waals surface area contributed by atoms with Crippen molar-refractivity contribution in [1.29, 1.82) is 0 Å². The molecule has 1 amide bonds. The second-order valence-electron chi connectivity index (χ2n) is 6.28. The van der Waals surface area contributed by atoms with Gasteiger partial charge in [-0.2, -0.15) is 0 Å². The van der Waals surface area contributed by atoms with Crippen LogP contribution in [0.4, 0.5) is 4.79 Å². The molecule has 0 aromatic carbocycles. The fourth-order valence-electron chi connectivity index (χ4n) is 3.08. The number of ether oxygens (including phenoxy) is 1. The third-order valence-corrected chi connectivity index (χ3v) is 4.24. The number of hydrogen-bond donors (Lipinski definition) is 3. The summed E-state index contributed by atoms with van der Waals surface area (Å²) in [5.41, 5.74) is -1.42. The largest absolute Gasteiger partial charge is 0.479 e. The Bertz CT molecular complexity index is 453. The lowest BCUT2D eigenvalue weighted by Crippen LogP contribution is -2.54. The highest BCUT2D eigenvalue weighted by atomic mass is 16.5. The van der Waals surface area contributed by atoms with Gasteiger partial charge in [0.05, 0.1) is 7.11 Å². The van der Waals surface area contributed by atoms with E-state index in [2.05, 4.69) is 5.32 Å². The summed E-state index contributed by atoms with van der Waals surface area (Å²) >= 11 is 0. The predicted octanol–water partition coefficient (Wildman–Crippen LogP) is 1.15. The lowest BCUT2D eigenvalue weighted by atomic mass is 9.92. The van der Waals surface area contributed by atoms with Crippen LogP contribution >= 0.6 is 0 Å². The normalized spacial score (nSPS) is 22.2. The van der Waals surface area contributed by atoms with E-state index in [1.165, 1.54) is 7.11 Å². The van der Waals surface area contributed by atoms with Crippen molar-refractivity contribution >= 4 is 18.0 Å². The summed E-state index contributed by atoms with van der Waals surface area (Å²) in [6.07, 6.45) is 0.251. The molecule has 0 aromatic heterocycles. The van der Waals surface area contributed by atoms with Crippen molar-refractivity contribution in [1.82, 2.24) is 10.2 Å². The van der Waals surface area contributed by atoms with Crippen molar-refractivity contribution in [3.05, 3.63) is 0 Å². The van der Waals surface area contributed by atoms with E-state index >= 15 is 0 Å². The Labute approximate surface area is 135 Å². The van der Waals surface area contributed by atoms with E-state index in [1.54, 1.807) is 0 Å². The van der Waals surface area contributed by atoms with Crippen molar-refractivity contribution < 1.29 is 29.3 Å². The van der Waals surface area contributed by atoms with E-state index in [-0.39, 0.29) is 31.8 Å². The second kappa shape index (κ2) is 8.14. The van der Waals surface area contributed by atoms with Gasteiger partial charge in [-0.3, -0.25) is 9.69 Å². The number of nitrogens with zero attached hydrogens (tertiary/aromatic N) is 1. The van der Waals surface area contributed by atoms with E-state index < -0.39 is 29.6 Å². The first-order valence-electron chi connectivity index (χ1n) is 7.79. The number of aliphatic carboxylic acids is 1. The number of carbonyl (C=O) groups excluding carboxylic acids is 1. The maximum Gasteiger partial charge on any atom is 0.408 e. The summed E-state index contributed by atoms with van der Waals surface area (Å²) in [5.74, 6) is -1.27. The van der Waals surface area contributed by atoms with Gasteiger partial charge in [0.15, 0.2) is 0 Å². The van der Waals surface area contributed by atoms with Gasteiger partial charge in [0.25, 0.3) is 0 Å². The van der Waals surface area contributed by atoms with E-state index in [0.717, 1.165) is 4.90 Å². The van der Waals surface area contributed by atoms with E-state index in [9.17, 15) is 24.6 Å². The summed E-state index contributed by atoms with van der Waals surface area (Å²) in [7, 11) is 1.30. The molecule has 1 aliphatic rings. The number of rotatable bonds is 8. The van der Waals surface area contributed by atoms with Crippen molar-refractivity contribution in [3.8, 4) is 0 Å². The van der Waals surface area contributed by atoms with Gasteiger partial charge in [0, 0.05) is 6.54 Å². The molecule has 1 fully saturated rings. The molecule has 0 aromatic rings. The highest BCUT2D eigenvalue weighted by molar-refractivity contribution is 5.84. The average molecular weight is 330 g/mol. The lowest BCUT2D eigenvalue weighted by molar-refractivity contribution is -0.149. The zero-order chi connectivity index (χ0) is 17.6. The molecule has 1 heterocycles. The van der Waals surface area contributed by atoms with E-state index in [4.69, 9.17) is 4.74 Å². The standard InChI is InChI=1S/C15H26N2O6/c1-10(2)9-11(12(18)23-3)16-7-6-15(13(19)20)5-4-8-17(15)14(21)22/h10-11,16H,4-9H2,1-3H3,(H,19,20)(H,21,22)/t11-,15+/m0/s1. The molecule has 1 aliphatic heterocycles. The Hall–Kier alpha value is -1.83. The van der Waals surface area contributed by atoms with Crippen LogP contribution in [0.15, 0.2) is 0 Å². The number of carboxylic acids is 1. The summed E-state index contributed by atoms with van der Waals surface area (Å²) < 4.78 is 4.75. The average Bonchev–Trinajstić information content (AvgIpc) is 2.90. The first-order chi connectivity index (χ1) is 10.7. The maximum atomic E-state index is 11.8. The lowest BCUT2D eigenvalue weighted by Gasteiger charge is -2.33.